The molecule has 28 heavy (non-hydrogen) atoms. The van der Waals surface area contributed by atoms with Crippen LogP contribution in [0, 0.1) is 12.7 Å². The minimum Gasteiger partial charge on any atom is -0.350 e. The van der Waals surface area contributed by atoms with Gasteiger partial charge in [0.1, 0.15) is 16.4 Å². The van der Waals surface area contributed by atoms with Crippen molar-refractivity contribution in [2.75, 3.05) is 0 Å². The predicted molar refractivity (Wildman–Crippen MR) is 96.1 cm³/mol. The molecule has 5 nitrogen and oxygen atoms in total. The van der Waals surface area contributed by atoms with Crippen LogP contribution in [0.25, 0.3) is 22.4 Å². The van der Waals surface area contributed by atoms with Gasteiger partial charge < -0.3 is 4.52 Å². The molecule has 0 radical (unpaired) electrons. The molecule has 2 aromatic carbocycles. The molecule has 2 N–H and O–H groups in total. The summed E-state index contributed by atoms with van der Waals surface area (Å²) in [6.07, 6.45) is -4.91. The zero-order chi connectivity index (χ0) is 20.9. The van der Waals surface area contributed by atoms with Gasteiger partial charge in [-0.15, -0.1) is 0 Å². The highest BCUT2D eigenvalue weighted by Crippen LogP contribution is 2.43. The first kappa shape index (κ1) is 20.5. The molecular formula is C17H11BrF4N2O3S. The van der Waals surface area contributed by atoms with E-state index in [0.717, 1.165) is 17.7 Å². The molecule has 0 atom stereocenters. The number of aromatic nitrogens is 1. The molecule has 11 heteroatoms. The van der Waals surface area contributed by atoms with Crippen molar-refractivity contribution in [3.05, 3.63) is 58.0 Å². The van der Waals surface area contributed by atoms with Crippen molar-refractivity contribution in [3.63, 3.8) is 0 Å². The second-order valence-electron chi connectivity index (χ2n) is 5.89. The largest absolute Gasteiger partial charge is 0.453 e. The molecule has 1 heterocycles. The van der Waals surface area contributed by atoms with Crippen LogP contribution in [0.5, 0.6) is 0 Å². The van der Waals surface area contributed by atoms with Gasteiger partial charge in [-0.1, -0.05) is 39.3 Å². The molecular weight excluding hydrogens is 468 g/mol. The van der Waals surface area contributed by atoms with Gasteiger partial charge in [-0.05, 0) is 36.2 Å². The summed E-state index contributed by atoms with van der Waals surface area (Å²) in [6, 6.07) is 7.20. The van der Waals surface area contributed by atoms with Crippen LogP contribution in [0.4, 0.5) is 17.6 Å². The molecule has 0 aliphatic carbocycles. The highest BCUT2D eigenvalue weighted by Gasteiger charge is 2.41. The predicted octanol–water partition coefficient (Wildman–Crippen LogP) is 4.88. The van der Waals surface area contributed by atoms with Crippen LogP contribution in [0.1, 0.15) is 11.3 Å². The van der Waals surface area contributed by atoms with Crippen LogP contribution in [0.3, 0.4) is 0 Å². The summed E-state index contributed by atoms with van der Waals surface area (Å²) in [4.78, 5) is -0.833. The van der Waals surface area contributed by atoms with Gasteiger partial charge in [0, 0.05) is 10.0 Å². The van der Waals surface area contributed by atoms with Gasteiger partial charge in [-0.2, -0.15) is 13.2 Å². The maximum absolute atomic E-state index is 14.2. The highest BCUT2D eigenvalue weighted by atomic mass is 79.9. The molecule has 148 valence electrons. The van der Waals surface area contributed by atoms with Crippen LogP contribution in [-0.4, -0.2) is 13.6 Å². The molecule has 0 amide bonds. The van der Waals surface area contributed by atoms with Crippen molar-refractivity contribution in [1.82, 2.24) is 5.16 Å². The van der Waals surface area contributed by atoms with Crippen LogP contribution in [0.15, 0.2) is 50.3 Å². The lowest BCUT2D eigenvalue weighted by Gasteiger charge is -2.09. The number of primary sulfonamides is 1. The molecule has 0 unspecified atom stereocenters. The van der Waals surface area contributed by atoms with Crippen molar-refractivity contribution in [2.24, 2.45) is 5.14 Å². The third-order valence-corrected chi connectivity index (χ3v) is 5.72. The fourth-order valence-electron chi connectivity index (χ4n) is 2.58. The number of sulfonamides is 1. The summed E-state index contributed by atoms with van der Waals surface area (Å²) >= 11 is 3.29. The molecule has 3 rings (SSSR count). The van der Waals surface area contributed by atoms with Gasteiger partial charge in [-0.3, -0.25) is 0 Å². The lowest BCUT2D eigenvalue weighted by atomic mass is 9.98. The first-order valence-corrected chi connectivity index (χ1v) is 9.89. The van der Waals surface area contributed by atoms with Gasteiger partial charge >= 0.3 is 6.18 Å². The summed E-state index contributed by atoms with van der Waals surface area (Å²) < 4.78 is 82.4. The highest BCUT2D eigenvalue weighted by molar-refractivity contribution is 9.10. The summed E-state index contributed by atoms with van der Waals surface area (Å²) in [5.41, 5.74) is 0.195. The van der Waals surface area contributed by atoms with E-state index in [4.69, 9.17) is 5.14 Å². The fourth-order valence-corrected chi connectivity index (χ4v) is 3.54. The third-order valence-electron chi connectivity index (χ3n) is 3.92. The summed E-state index contributed by atoms with van der Waals surface area (Å²) in [7, 11) is -4.37. The Kier molecular flexibility index (Phi) is 5.11. The Labute approximate surface area is 165 Å². The van der Waals surface area contributed by atoms with Crippen LogP contribution in [0.2, 0.25) is 0 Å². The van der Waals surface area contributed by atoms with Crippen molar-refractivity contribution in [1.29, 1.82) is 0 Å². The lowest BCUT2D eigenvalue weighted by Crippen LogP contribution is -2.14. The molecule has 0 spiro atoms. The molecule has 0 saturated carbocycles. The Morgan fingerprint density at radius 1 is 1.11 bits per heavy atom. The number of hydrogen-bond acceptors (Lipinski definition) is 4. The van der Waals surface area contributed by atoms with Crippen molar-refractivity contribution >= 4 is 26.0 Å². The van der Waals surface area contributed by atoms with Gasteiger partial charge in [0.2, 0.25) is 15.8 Å². The van der Waals surface area contributed by atoms with E-state index in [1.807, 2.05) is 0 Å². The van der Waals surface area contributed by atoms with E-state index in [1.54, 1.807) is 19.1 Å². The number of nitrogens with two attached hydrogens (primary N) is 1. The number of benzene rings is 2. The topological polar surface area (TPSA) is 86.2 Å². The number of alkyl halides is 3. The van der Waals surface area contributed by atoms with Crippen LogP contribution in [-0.2, 0) is 16.2 Å². The minimum atomic E-state index is -4.91. The number of hydrogen-bond donors (Lipinski definition) is 1. The van der Waals surface area contributed by atoms with Crippen molar-refractivity contribution in [2.45, 2.75) is 18.0 Å². The number of nitrogens with zero attached hydrogens (tertiary/aromatic N) is 1. The SMILES string of the molecule is Cc1ccc(-c2noc(C(F)(F)F)c2-c2ccc(S(N)(=O)=O)c(F)c2)cc1Br. The van der Waals surface area contributed by atoms with Gasteiger partial charge in [0.15, 0.2) is 0 Å². The van der Waals surface area contributed by atoms with E-state index in [1.165, 1.54) is 6.07 Å². The van der Waals surface area contributed by atoms with E-state index < -0.39 is 38.2 Å². The number of aryl methyl sites for hydroxylation is 1. The summed E-state index contributed by atoms with van der Waals surface area (Å²) in [5, 5.41) is 8.41. The van der Waals surface area contributed by atoms with E-state index in [2.05, 4.69) is 25.6 Å². The summed E-state index contributed by atoms with van der Waals surface area (Å²) in [6.45, 7) is 1.79. The smallest absolute Gasteiger partial charge is 0.350 e. The average molecular weight is 479 g/mol. The van der Waals surface area contributed by atoms with E-state index in [9.17, 15) is 26.0 Å². The van der Waals surface area contributed by atoms with Gasteiger partial charge in [0.25, 0.3) is 0 Å². The van der Waals surface area contributed by atoms with Crippen molar-refractivity contribution in [3.8, 4) is 22.4 Å². The molecule has 0 aliphatic rings. The maximum Gasteiger partial charge on any atom is 0.453 e. The number of halogens is 5. The zero-order valence-corrected chi connectivity index (χ0v) is 16.4. The van der Waals surface area contributed by atoms with E-state index in [0.29, 0.717) is 16.1 Å². The molecule has 1 aromatic heterocycles. The lowest BCUT2D eigenvalue weighted by molar-refractivity contribution is -0.154. The first-order valence-electron chi connectivity index (χ1n) is 7.55. The quantitative estimate of drug-likeness (QED) is 0.543. The Bertz CT molecular complexity index is 1170. The van der Waals surface area contributed by atoms with Crippen molar-refractivity contribution < 1.29 is 30.5 Å². The first-order chi connectivity index (χ1) is 12.9. The van der Waals surface area contributed by atoms with E-state index >= 15 is 0 Å². The molecule has 0 fully saturated rings. The second kappa shape index (κ2) is 6.98. The fraction of sp³-hybridized carbons (Fsp3) is 0.118. The Morgan fingerprint density at radius 3 is 2.29 bits per heavy atom. The molecule has 3 aromatic rings. The normalized spacial score (nSPS) is 12.4. The minimum absolute atomic E-state index is 0.171. The van der Waals surface area contributed by atoms with E-state index in [-0.39, 0.29) is 11.3 Å². The second-order valence-corrected chi connectivity index (χ2v) is 8.27. The van der Waals surface area contributed by atoms with Gasteiger partial charge in [0.05, 0.1) is 5.56 Å². The third kappa shape index (κ3) is 3.82. The molecule has 0 aliphatic heterocycles. The van der Waals surface area contributed by atoms with Crippen LogP contribution < -0.4 is 5.14 Å². The van der Waals surface area contributed by atoms with Gasteiger partial charge in [-0.25, -0.2) is 17.9 Å². The Morgan fingerprint density at radius 2 is 1.75 bits per heavy atom. The monoisotopic (exact) mass is 478 g/mol. The maximum atomic E-state index is 14.2. The van der Waals surface area contributed by atoms with Crippen LogP contribution >= 0.6 is 15.9 Å². The Hall–Kier alpha value is -2.24. The summed E-state index contributed by atoms with van der Waals surface area (Å²) in [5.74, 6) is -2.72. The zero-order valence-electron chi connectivity index (χ0n) is 14.0. The average Bonchev–Trinajstić information content (AvgIpc) is 3.01. The number of rotatable bonds is 3. The molecule has 0 bridgehead atoms. The Balaban J connectivity index is 2.28. The standard InChI is InChI=1S/C17H11BrF4N2O3S/c1-8-2-3-10(6-11(8)18)15-14(16(27-24-15)17(20,21)22)9-4-5-13(12(19)7-9)28(23,25)26/h2-7H,1H3,(H2,23,25,26). The molecule has 0 saturated heterocycles.